The summed E-state index contributed by atoms with van der Waals surface area (Å²) in [5, 5.41) is 18.7. The third-order valence-corrected chi connectivity index (χ3v) is 3.01. The number of hydrogen-bond acceptors (Lipinski definition) is 3. The van der Waals surface area contributed by atoms with Crippen molar-refractivity contribution in [1.29, 1.82) is 0 Å². The monoisotopic (exact) mass is 275 g/mol. The SMILES string of the molecule is O=C(c1ccccc1C(F)(F)F)N1CC(O)C(O)C1. The van der Waals surface area contributed by atoms with Gasteiger partial charge in [0, 0.05) is 13.1 Å². The third kappa shape index (κ3) is 2.71. The number of rotatable bonds is 1. The van der Waals surface area contributed by atoms with Gasteiger partial charge in [-0.25, -0.2) is 0 Å². The molecule has 0 saturated carbocycles. The van der Waals surface area contributed by atoms with Crippen molar-refractivity contribution >= 4 is 5.91 Å². The lowest BCUT2D eigenvalue weighted by atomic mass is 10.1. The van der Waals surface area contributed by atoms with Crippen molar-refractivity contribution in [2.24, 2.45) is 0 Å². The van der Waals surface area contributed by atoms with Crippen LogP contribution in [0, 0.1) is 0 Å². The Bertz CT molecular complexity index is 479. The predicted octanol–water partition coefficient (Wildman–Crippen LogP) is 0.883. The number of halogens is 3. The van der Waals surface area contributed by atoms with Crippen LogP contribution in [0.15, 0.2) is 24.3 Å². The molecular weight excluding hydrogens is 263 g/mol. The van der Waals surface area contributed by atoms with Gasteiger partial charge in [0.1, 0.15) is 0 Å². The number of hydrogen-bond donors (Lipinski definition) is 2. The lowest BCUT2D eigenvalue weighted by Gasteiger charge is -2.18. The summed E-state index contributed by atoms with van der Waals surface area (Å²) < 4.78 is 38.3. The number of likely N-dealkylation sites (tertiary alicyclic amines) is 1. The zero-order valence-electron chi connectivity index (χ0n) is 9.76. The lowest BCUT2D eigenvalue weighted by molar-refractivity contribution is -0.138. The molecule has 19 heavy (non-hydrogen) atoms. The number of aliphatic hydroxyl groups excluding tert-OH is 2. The van der Waals surface area contributed by atoms with Gasteiger partial charge >= 0.3 is 6.18 Å². The summed E-state index contributed by atoms with van der Waals surface area (Å²) in [6.45, 7) is -0.349. The number of amides is 1. The molecule has 2 atom stereocenters. The molecule has 0 spiro atoms. The highest BCUT2D eigenvalue weighted by molar-refractivity contribution is 5.96. The van der Waals surface area contributed by atoms with Crippen LogP contribution in [0.25, 0.3) is 0 Å². The number of carbonyl (C=O) groups excluding carboxylic acids is 1. The summed E-state index contributed by atoms with van der Waals surface area (Å²) in [7, 11) is 0. The Labute approximate surface area is 107 Å². The second kappa shape index (κ2) is 4.82. The van der Waals surface area contributed by atoms with Gasteiger partial charge in [0.05, 0.1) is 23.3 Å². The van der Waals surface area contributed by atoms with Crippen molar-refractivity contribution in [2.45, 2.75) is 18.4 Å². The number of carbonyl (C=O) groups is 1. The topological polar surface area (TPSA) is 60.8 Å². The smallest absolute Gasteiger partial charge is 0.388 e. The second-order valence-electron chi connectivity index (χ2n) is 4.39. The van der Waals surface area contributed by atoms with Gasteiger partial charge in [-0.1, -0.05) is 12.1 Å². The molecule has 0 bridgehead atoms. The molecule has 1 aliphatic heterocycles. The van der Waals surface area contributed by atoms with E-state index in [0.29, 0.717) is 0 Å². The molecule has 7 heteroatoms. The molecule has 1 aromatic rings. The Morgan fingerprint density at radius 1 is 1.16 bits per heavy atom. The van der Waals surface area contributed by atoms with Crippen LogP contribution in [0.2, 0.25) is 0 Å². The van der Waals surface area contributed by atoms with E-state index in [1.807, 2.05) is 0 Å². The highest BCUT2D eigenvalue weighted by Crippen LogP contribution is 2.32. The predicted molar refractivity (Wildman–Crippen MR) is 59.4 cm³/mol. The summed E-state index contributed by atoms with van der Waals surface area (Å²) >= 11 is 0. The van der Waals surface area contributed by atoms with Crippen LogP contribution in [0.1, 0.15) is 15.9 Å². The fraction of sp³-hybridized carbons (Fsp3) is 0.417. The minimum atomic E-state index is -4.62. The van der Waals surface area contributed by atoms with E-state index >= 15 is 0 Å². The molecule has 1 heterocycles. The van der Waals surface area contributed by atoms with Crippen LogP contribution in [0.4, 0.5) is 13.2 Å². The van der Waals surface area contributed by atoms with Crippen molar-refractivity contribution in [2.75, 3.05) is 13.1 Å². The van der Waals surface area contributed by atoms with E-state index < -0.39 is 35.4 Å². The van der Waals surface area contributed by atoms with E-state index in [-0.39, 0.29) is 13.1 Å². The van der Waals surface area contributed by atoms with Gasteiger partial charge in [0.15, 0.2) is 0 Å². The molecule has 4 nitrogen and oxygen atoms in total. The molecule has 104 valence electrons. The van der Waals surface area contributed by atoms with Crippen molar-refractivity contribution in [3.63, 3.8) is 0 Å². The first-order valence-electron chi connectivity index (χ1n) is 5.62. The maximum atomic E-state index is 12.8. The van der Waals surface area contributed by atoms with Gasteiger partial charge in [0.2, 0.25) is 0 Å². The highest BCUT2D eigenvalue weighted by Gasteiger charge is 2.38. The summed E-state index contributed by atoms with van der Waals surface area (Å²) in [4.78, 5) is 13.0. The molecule has 2 unspecified atom stereocenters. The largest absolute Gasteiger partial charge is 0.417 e. The third-order valence-electron chi connectivity index (χ3n) is 3.01. The number of nitrogens with zero attached hydrogens (tertiary/aromatic N) is 1. The fourth-order valence-corrected chi connectivity index (χ4v) is 2.02. The van der Waals surface area contributed by atoms with Crippen LogP contribution in [-0.2, 0) is 6.18 Å². The van der Waals surface area contributed by atoms with Crippen molar-refractivity contribution < 1.29 is 28.2 Å². The standard InChI is InChI=1S/C12H12F3NO3/c13-12(14,15)8-4-2-1-3-7(8)11(19)16-5-9(17)10(18)6-16/h1-4,9-10,17-18H,5-6H2. The van der Waals surface area contributed by atoms with E-state index in [9.17, 15) is 28.2 Å². The van der Waals surface area contributed by atoms with E-state index in [4.69, 9.17) is 0 Å². The summed E-state index contributed by atoms with van der Waals surface area (Å²) in [6.07, 6.45) is -6.87. The Kier molecular flexibility index (Phi) is 3.51. The quantitative estimate of drug-likeness (QED) is 0.800. The molecule has 1 aliphatic rings. The average molecular weight is 275 g/mol. The molecule has 2 N–H and O–H groups in total. The van der Waals surface area contributed by atoms with Crippen LogP contribution in [0.5, 0.6) is 0 Å². The molecule has 1 fully saturated rings. The zero-order chi connectivity index (χ0) is 14.2. The van der Waals surface area contributed by atoms with E-state index in [1.165, 1.54) is 12.1 Å². The molecule has 1 amide bonds. The minimum Gasteiger partial charge on any atom is -0.388 e. The fourth-order valence-electron chi connectivity index (χ4n) is 2.02. The zero-order valence-corrected chi connectivity index (χ0v) is 9.76. The van der Waals surface area contributed by atoms with Crippen molar-refractivity contribution in [3.05, 3.63) is 35.4 Å². The summed E-state index contributed by atoms with van der Waals surface area (Å²) in [5.74, 6) is -0.844. The number of β-amino-alcohol motifs (C(OH)–C–C–N with tert-alkyl or cyclic N) is 2. The van der Waals surface area contributed by atoms with Crippen molar-refractivity contribution in [1.82, 2.24) is 4.90 Å². The average Bonchev–Trinajstić information content (AvgIpc) is 2.68. The van der Waals surface area contributed by atoms with Crippen LogP contribution >= 0.6 is 0 Å². The van der Waals surface area contributed by atoms with Gasteiger partial charge in [-0.2, -0.15) is 13.2 Å². The first-order valence-corrected chi connectivity index (χ1v) is 5.62. The Morgan fingerprint density at radius 3 is 2.21 bits per heavy atom. The maximum Gasteiger partial charge on any atom is 0.417 e. The highest BCUT2D eigenvalue weighted by atomic mass is 19.4. The first kappa shape index (κ1) is 13.8. The number of aliphatic hydroxyl groups is 2. The van der Waals surface area contributed by atoms with Gasteiger partial charge in [0.25, 0.3) is 5.91 Å². The van der Waals surface area contributed by atoms with E-state index in [2.05, 4.69) is 0 Å². The first-order chi connectivity index (χ1) is 8.80. The molecule has 0 radical (unpaired) electrons. The molecule has 2 rings (SSSR count). The second-order valence-corrected chi connectivity index (χ2v) is 4.39. The van der Waals surface area contributed by atoms with Crippen LogP contribution in [0.3, 0.4) is 0 Å². The Hall–Kier alpha value is -1.60. The Balaban J connectivity index is 2.30. The molecular formula is C12H12F3NO3. The summed E-state index contributed by atoms with van der Waals surface area (Å²) in [6, 6.07) is 4.46. The van der Waals surface area contributed by atoms with E-state index in [1.54, 1.807) is 0 Å². The van der Waals surface area contributed by atoms with Crippen molar-refractivity contribution in [3.8, 4) is 0 Å². The van der Waals surface area contributed by atoms with Crippen LogP contribution < -0.4 is 0 Å². The molecule has 0 aromatic heterocycles. The maximum absolute atomic E-state index is 12.8. The number of alkyl halides is 3. The molecule has 1 saturated heterocycles. The Morgan fingerprint density at radius 2 is 1.68 bits per heavy atom. The normalized spacial score (nSPS) is 23.7. The van der Waals surface area contributed by atoms with E-state index in [0.717, 1.165) is 17.0 Å². The molecule has 0 aliphatic carbocycles. The molecule has 1 aromatic carbocycles. The number of benzene rings is 1. The summed E-state index contributed by atoms with van der Waals surface area (Å²) in [5.41, 5.74) is -1.49. The minimum absolute atomic E-state index is 0.174. The van der Waals surface area contributed by atoms with Gasteiger partial charge in [-0.05, 0) is 12.1 Å². The van der Waals surface area contributed by atoms with Crippen LogP contribution in [-0.4, -0.2) is 46.3 Å². The lowest BCUT2D eigenvalue weighted by Crippen LogP contribution is -2.31. The van der Waals surface area contributed by atoms with Gasteiger partial charge in [-0.15, -0.1) is 0 Å². The van der Waals surface area contributed by atoms with Gasteiger partial charge < -0.3 is 15.1 Å². The van der Waals surface area contributed by atoms with Gasteiger partial charge in [-0.3, -0.25) is 4.79 Å².